The van der Waals surface area contributed by atoms with Gasteiger partial charge in [0.1, 0.15) is 6.67 Å². The molecule has 7 heteroatoms. The van der Waals surface area contributed by atoms with Crippen LogP contribution in [0.3, 0.4) is 0 Å². The Labute approximate surface area is 115 Å². The maximum atomic E-state index is 12.0. The minimum absolute atomic E-state index is 0. The minimum Gasteiger partial charge on any atom is -0.445 e. The zero-order valence-electron chi connectivity index (χ0n) is 6.98. The molecule has 0 fully saturated rings. The van der Waals surface area contributed by atoms with E-state index < -0.39 is 19.1 Å². The summed E-state index contributed by atoms with van der Waals surface area (Å²) in [5.41, 5.74) is -0.786. The Balaban J connectivity index is 0.00000144. The first-order chi connectivity index (χ1) is 5.54. The van der Waals surface area contributed by atoms with Gasteiger partial charge in [0.25, 0.3) is 0 Å². The topological polar surface area (TPSA) is 12.9 Å². The SMILES string of the molecule is FCc1ccc([B-](F)(F)F)cn1.[K+]. The van der Waals surface area contributed by atoms with Gasteiger partial charge in [-0.15, -0.1) is 0 Å². The van der Waals surface area contributed by atoms with Gasteiger partial charge in [-0.2, -0.15) is 0 Å². The first-order valence-electron chi connectivity index (χ1n) is 3.25. The van der Waals surface area contributed by atoms with Crippen molar-refractivity contribution in [2.45, 2.75) is 6.67 Å². The van der Waals surface area contributed by atoms with E-state index >= 15 is 0 Å². The summed E-state index contributed by atoms with van der Waals surface area (Å²) in [6.07, 6.45) is 0.648. The van der Waals surface area contributed by atoms with E-state index in [1.165, 1.54) is 0 Å². The van der Waals surface area contributed by atoms with Gasteiger partial charge < -0.3 is 12.9 Å². The fraction of sp³-hybridized carbons (Fsp3) is 0.167. The molecule has 0 atom stereocenters. The van der Waals surface area contributed by atoms with Gasteiger partial charge in [0.15, 0.2) is 0 Å². The van der Waals surface area contributed by atoms with Crippen LogP contribution in [0.2, 0.25) is 0 Å². The van der Waals surface area contributed by atoms with Crippen LogP contribution in [-0.4, -0.2) is 12.0 Å². The summed E-state index contributed by atoms with van der Waals surface area (Å²) in [6, 6.07) is 1.87. The molecule has 1 aromatic rings. The molecule has 0 unspecified atom stereocenters. The van der Waals surface area contributed by atoms with Crippen molar-refractivity contribution in [1.82, 2.24) is 4.98 Å². The van der Waals surface area contributed by atoms with Crippen LogP contribution >= 0.6 is 0 Å². The van der Waals surface area contributed by atoms with Crippen molar-refractivity contribution in [3.05, 3.63) is 24.0 Å². The van der Waals surface area contributed by atoms with E-state index in [1.54, 1.807) is 0 Å². The molecule has 13 heavy (non-hydrogen) atoms. The predicted molar refractivity (Wildman–Crippen MR) is 37.8 cm³/mol. The van der Waals surface area contributed by atoms with Crippen molar-refractivity contribution in [3.8, 4) is 0 Å². The fourth-order valence-electron chi connectivity index (χ4n) is 0.709. The first kappa shape index (κ1) is 13.6. The number of alkyl halides is 1. The summed E-state index contributed by atoms with van der Waals surface area (Å²) in [7, 11) is 0. The zero-order chi connectivity index (χ0) is 9.19. The Kier molecular flexibility index (Phi) is 5.69. The molecule has 0 aliphatic rings. The van der Waals surface area contributed by atoms with Crippen LogP contribution in [0.25, 0.3) is 0 Å². The van der Waals surface area contributed by atoms with E-state index in [2.05, 4.69) is 4.98 Å². The molecule has 1 rings (SSSR count). The summed E-state index contributed by atoms with van der Waals surface area (Å²) >= 11 is 0. The molecular weight excluding hydrogens is 212 g/mol. The Morgan fingerprint density at radius 3 is 2.15 bits per heavy atom. The summed E-state index contributed by atoms with van der Waals surface area (Å²) in [6.45, 7) is -5.85. The molecule has 0 radical (unpaired) electrons. The molecule has 0 aliphatic heterocycles. The van der Waals surface area contributed by atoms with E-state index in [4.69, 9.17) is 0 Å². The first-order valence-corrected chi connectivity index (χ1v) is 3.25. The van der Waals surface area contributed by atoms with Crippen molar-refractivity contribution in [2.24, 2.45) is 0 Å². The van der Waals surface area contributed by atoms with Crippen LogP contribution in [-0.2, 0) is 6.67 Å². The third-order valence-electron chi connectivity index (χ3n) is 1.36. The van der Waals surface area contributed by atoms with E-state index in [0.717, 1.165) is 12.1 Å². The molecule has 0 saturated carbocycles. The van der Waals surface area contributed by atoms with Gasteiger partial charge in [-0.25, -0.2) is 4.39 Å². The summed E-state index contributed by atoms with van der Waals surface area (Å²) in [5, 5.41) is 0. The number of rotatable bonds is 2. The zero-order valence-corrected chi connectivity index (χ0v) is 10.1. The molecule has 1 heterocycles. The molecule has 0 amide bonds. The van der Waals surface area contributed by atoms with Gasteiger partial charge in [0.2, 0.25) is 0 Å². The van der Waals surface area contributed by atoms with Crippen molar-refractivity contribution < 1.29 is 68.7 Å². The maximum Gasteiger partial charge on any atom is 1.00 e. The third kappa shape index (κ3) is 4.07. The van der Waals surface area contributed by atoms with Crippen molar-refractivity contribution in [1.29, 1.82) is 0 Å². The van der Waals surface area contributed by atoms with E-state index in [1.807, 2.05) is 0 Å². The van der Waals surface area contributed by atoms with Crippen LogP contribution in [0.5, 0.6) is 0 Å². The largest absolute Gasteiger partial charge is 1.00 e. The van der Waals surface area contributed by atoms with Gasteiger partial charge >= 0.3 is 58.4 Å². The van der Waals surface area contributed by atoms with Gasteiger partial charge in [0, 0.05) is 6.20 Å². The third-order valence-corrected chi connectivity index (χ3v) is 1.36. The number of aromatic nitrogens is 1. The predicted octanol–water partition coefficient (Wildman–Crippen LogP) is -1.39. The Hall–Kier alpha value is 0.571. The maximum absolute atomic E-state index is 12.0. The number of nitrogens with zero attached hydrogens (tertiary/aromatic N) is 1. The van der Waals surface area contributed by atoms with Crippen LogP contribution in [0, 0.1) is 0 Å². The number of hydrogen-bond acceptors (Lipinski definition) is 1. The Morgan fingerprint density at radius 1 is 1.23 bits per heavy atom. The molecule has 0 aliphatic carbocycles. The fourth-order valence-corrected chi connectivity index (χ4v) is 0.709. The quantitative estimate of drug-likeness (QED) is 0.439. The molecule has 0 saturated heterocycles. The second kappa shape index (κ2) is 5.45. The molecule has 66 valence electrons. The van der Waals surface area contributed by atoms with E-state index in [0.29, 0.717) is 6.20 Å². The number of pyridine rings is 1. The Bertz CT molecular complexity index is 260. The molecule has 0 spiro atoms. The average molecular weight is 217 g/mol. The monoisotopic (exact) mass is 217 g/mol. The molecule has 1 aromatic heterocycles. The van der Waals surface area contributed by atoms with Crippen LogP contribution in [0.1, 0.15) is 5.69 Å². The standard InChI is InChI=1S/C6H5BF4N.K/c8-3-6-2-1-5(4-12-6)7(9,10)11;/h1-2,4H,3H2;/q-1;+1. The second-order valence-electron chi connectivity index (χ2n) is 2.29. The van der Waals surface area contributed by atoms with E-state index in [-0.39, 0.29) is 57.1 Å². The van der Waals surface area contributed by atoms with Crippen LogP contribution in [0.4, 0.5) is 17.3 Å². The van der Waals surface area contributed by atoms with E-state index in [9.17, 15) is 17.3 Å². The molecule has 1 nitrogen and oxygen atoms in total. The van der Waals surface area contributed by atoms with Crippen LogP contribution < -0.4 is 56.8 Å². The van der Waals surface area contributed by atoms with Gasteiger partial charge in [-0.05, 0) is 6.07 Å². The van der Waals surface area contributed by atoms with Crippen molar-refractivity contribution >= 4 is 12.4 Å². The molecular formula is C6H5BF4KN. The smallest absolute Gasteiger partial charge is 0.445 e. The second-order valence-corrected chi connectivity index (χ2v) is 2.29. The van der Waals surface area contributed by atoms with Gasteiger partial charge in [-0.1, -0.05) is 11.5 Å². The number of hydrogen-bond donors (Lipinski definition) is 0. The number of halogens is 4. The molecule has 0 bridgehead atoms. The summed E-state index contributed by atoms with van der Waals surface area (Å²) in [4.78, 5) is 3.28. The van der Waals surface area contributed by atoms with Crippen LogP contribution in [0.15, 0.2) is 18.3 Å². The normalized spacial score (nSPS) is 10.8. The average Bonchev–Trinajstić information content (AvgIpc) is 2.03. The molecule has 0 N–H and O–H groups in total. The van der Waals surface area contributed by atoms with Crippen molar-refractivity contribution in [3.63, 3.8) is 0 Å². The Morgan fingerprint density at radius 2 is 1.85 bits per heavy atom. The van der Waals surface area contributed by atoms with Crippen molar-refractivity contribution in [2.75, 3.05) is 0 Å². The summed E-state index contributed by atoms with van der Waals surface area (Å²) < 4.78 is 47.7. The summed E-state index contributed by atoms with van der Waals surface area (Å²) in [5.74, 6) is 0. The van der Waals surface area contributed by atoms with Gasteiger partial charge in [0.05, 0.1) is 5.69 Å². The van der Waals surface area contributed by atoms with Gasteiger partial charge in [-0.3, -0.25) is 4.98 Å². The minimum atomic E-state index is -5.01. The molecule has 0 aromatic carbocycles.